The van der Waals surface area contributed by atoms with Crippen LogP contribution in [0.4, 0.5) is 0 Å². The average Bonchev–Trinajstić information content (AvgIpc) is 2.80. The molecule has 2 rings (SSSR count). The first-order valence-corrected chi connectivity index (χ1v) is 7.31. The van der Waals surface area contributed by atoms with Crippen LogP contribution in [0, 0.1) is 5.92 Å². The third kappa shape index (κ3) is 4.32. The predicted molar refractivity (Wildman–Crippen MR) is 77.1 cm³/mol. The van der Waals surface area contributed by atoms with E-state index in [1.54, 1.807) is 0 Å². The SMILES string of the molecule is O=C(CCCc1ccccc1)N[C@H]1C[C@H](CO)[C@@H](O)C1. The van der Waals surface area contributed by atoms with E-state index in [4.69, 9.17) is 5.11 Å². The van der Waals surface area contributed by atoms with Crippen molar-refractivity contribution in [3.8, 4) is 0 Å². The van der Waals surface area contributed by atoms with Gasteiger partial charge in [-0.05, 0) is 31.2 Å². The van der Waals surface area contributed by atoms with Gasteiger partial charge in [0.1, 0.15) is 0 Å². The highest BCUT2D eigenvalue weighted by Gasteiger charge is 2.32. The summed E-state index contributed by atoms with van der Waals surface area (Å²) in [6, 6.07) is 10.1. The van der Waals surface area contributed by atoms with Crippen molar-refractivity contribution in [1.82, 2.24) is 5.32 Å². The van der Waals surface area contributed by atoms with Gasteiger partial charge in [0.25, 0.3) is 0 Å². The van der Waals surface area contributed by atoms with Gasteiger partial charge in [-0.15, -0.1) is 0 Å². The summed E-state index contributed by atoms with van der Waals surface area (Å²) in [6.07, 6.45) is 2.97. The number of aryl methyl sites for hydroxylation is 1. The maximum atomic E-state index is 11.8. The lowest BCUT2D eigenvalue weighted by Gasteiger charge is -2.12. The van der Waals surface area contributed by atoms with E-state index >= 15 is 0 Å². The molecule has 3 N–H and O–H groups in total. The Hall–Kier alpha value is -1.39. The topological polar surface area (TPSA) is 69.6 Å². The highest BCUT2D eigenvalue weighted by Crippen LogP contribution is 2.25. The molecule has 1 aliphatic carbocycles. The van der Waals surface area contributed by atoms with Crippen LogP contribution in [0.3, 0.4) is 0 Å². The van der Waals surface area contributed by atoms with Gasteiger partial charge in [-0.3, -0.25) is 4.79 Å². The molecule has 110 valence electrons. The predicted octanol–water partition coefficient (Wildman–Crippen LogP) is 1.26. The minimum atomic E-state index is -0.491. The van der Waals surface area contributed by atoms with Crippen LogP contribution in [0.5, 0.6) is 0 Å². The second kappa shape index (κ2) is 7.41. The van der Waals surface area contributed by atoms with E-state index in [0.29, 0.717) is 19.3 Å². The molecule has 3 atom stereocenters. The first-order chi connectivity index (χ1) is 9.69. The number of carbonyl (C=O) groups excluding carboxylic acids is 1. The lowest BCUT2D eigenvalue weighted by atomic mass is 10.1. The molecule has 0 radical (unpaired) electrons. The van der Waals surface area contributed by atoms with Crippen molar-refractivity contribution in [2.24, 2.45) is 5.92 Å². The van der Waals surface area contributed by atoms with Crippen molar-refractivity contribution in [2.75, 3.05) is 6.61 Å². The van der Waals surface area contributed by atoms with Crippen molar-refractivity contribution in [3.05, 3.63) is 35.9 Å². The number of hydrogen-bond donors (Lipinski definition) is 3. The molecular weight excluding hydrogens is 254 g/mol. The van der Waals surface area contributed by atoms with E-state index in [-0.39, 0.29) is 24.5 Å². The van der Waals surface area contributed by atoms with E-state index in [2.05, 4.69) is 17.4 Å². The van der Waals surface area contributed by atoms with Crippen LogP contribution in [0.25, 0.3) is 0 Å². The van der Waals surface area contributed by atoms with Crippen LogP contribution in [-0.4, -0.2) is 34.9 Å². The second-order valence-electron chi connectivity index (χ2n) is 5.58. The minimum absolute atomic E-state index is 0.00590. The Morgan fingerprint density at radius 1 is 1.25 bits per heavy atom. The van der Waals surface area contributed by atoms with Crippen LogP contribution in [0.15, 0.2) is 30.3 Å². The molecule has 0 saturated heterocycles. The van der Waals surface area contributed by atoms with E-state index < -0.39 is 6.10 Å². The molecule has 1 amide bonds. The van der Waals surface area contributed by atoms with E-state index in [1.807, 2.05) is 18.2 Å². The molecule has 1 aromatic carbocycles. The van der Waals surface area contributed by atoms with E-state index in [0.717, 1.165) is 12.8 Å². The molecular formula is C16H23NO3. The fraction of sp³-hybridized carbons (Fsp3) is 0.562. The summed E-state index contributed by atoms with van der Waals surface area (Å²) < 4.78 is 0. The Labute approximate surface area is 119 Å². The van der Waals surface area contributed by atoms with Crippen LogP contribution >= 0.6 is 0 Å². The number of nitrogens with one attached hydrogen (secondary N) is 1. The molecule has 0 unspecified atom stereocenters. The van der Waals surface area contributed by atoms with Crippen LogP contribution in [0.2, 0.25) is 0 Å². The average molecular weight is 277 g/mol. The Morgan fingerprint density at radius 2 is 2.00 bits per heavy atom. The number of aliphatic hydroxyl groups is 2. The quantitative estimate of drug-likeness (QED) is 0.733. The van der Waals surface area contributed by atoms with Crippen molar-refractivity contribution < 1.29 is 15.0 Å². The molecule has 0 aromatic heterocycles. The monoisotopic (exact) mass is 277 g/mol. The highest BCUT2D eigenvalue weighted by molar-refractivity contribution is 5.76. The summed E-state index contributed by atoms with van der Waals surface area (Å²) in [6.45, 7) is -0.0124. The third-order valence-electron chi connectivity index (χ3n) is 3.97. The highest BCUT2D eigenvalue weighted by atomic mass is 16.3. The zero-order chi connectivity index (χ0) is 14.4. The van der Waals surface area contributed by atoms with Crippen molar-refractivity contribution >= 4 is 5.91 Å². The van der Waals surface area contributed by atoms with Crippen LogP contribution < -0.4 is 5.32 Å². The molecule has 4 heteroatoms. The Kier molecular flexibility index (Phi) is 5.56. The molecule has 20 heavy (non-hydrogen) atoms. The standard InChI is InChI=1S/C16H23NO3/c18-11-13-9-14(10-15(13)19)17-16(20)8-4-7-12-5-2-1-3-6-12/h1-3,5-6,13-15,18-19H,4,7-11H2,(H,17,20)/t13-,14+,15+/m1/s1. The summed E-state index contributed by atoms with van der Waals surface area (Å²) in [4.78, 5) is 11.8. The van der Waals surface area contributed by atoms with Gasteiger partial charge >= 0.3 is 0 Å². The molecule has 1 saturated carbocycles. The number of amides is 1. The molecule has 0 heterocycles. The molecule has 0 spiro atoms. The molecule has 0 aliphatic heterocycles. The first-order valence-electron chi connectivity index (χ1n) is 7.31. The summed E-state index contributed by atoms with van der Waals surface area (Å²) in [7, 11) is 0. The number of rotatable bonds is 6. The summed E-state index contributed by atoms with van der Waals surface area (Å²) in [5.74, 6) is -0.0543. The Morgan fingerprint density at radius 3 is 2.65 bits per heavy atom. The third-order valence-corrected chi connectivity index (χ3v) is 3.97. The number of hydrogen-bond acceptors (Lipinski definition) is 3. The fourth-order valence-corrected chi connectivity index (χ4v) is 2.81. The van der Waals surface area contributed by atoms with Gasteiger partial charge in [-0.25, -0.2) is 0 Å². The van der Waals surface area contributed by atoms with Gasteiger partial charge in [0.15, 0.2) is 0 Å². The lowest BCUT2D eigenvalue weighted by Crippen LogP contribution is -2.33. The fourth-order valence-electron chi connectivity index (χ4n) is 2.81. The van der Waals surface area contributed by atoms with Crippen LogP contribution in [-0.2, 0) is 11.2 Å². The molecule has 1 fully saturated rings. The summed E-state index contributed by atoms with van der Waals surface area (Å²) in [5, 5.41) is 21.7. The molecule has 1 aromatic rings. The molecule has 0 bridgehead atoms. The summed E-state index contributed by atoms with van der Waals surface area (Å²) >= 11 is 0. The van der Waals surface area contributed by atoms with Crippen molar-refractivity contribution in [3.63, 3.8) is 0 Å². The zero-order valence-electron chi connectivity index (χ0n) is 11.7. The zero-order valence-corrected chi connectivity index (χ0v) is 11.7. The van der Waals surface area contributed by atoms with Gasteiger partial charge in [0, 0.05) is 25.0 Å². The van der Waals surface area contributed by atoms with E-state index in [9.17, 15) is 9.90 Å². The van der Waals surface area contributed by atoms with E-state index in [1.165, 1.54) is 5.56 Å². The first kappa shape index (κ1) is 15.0. The van der Waals surface area contributed by atoms with Crippen LogP contribution in [0.1, 0.15) is 31.2 Å². The molecule has 4 nitrogen and oxygen atoms in total. The Balaban J connectivity index is 1.66. The van der Waals surface area contributed by atoms with Gasteiger partial charge < -0.3 is 15.5 Å². The summed E-state index contributed by atoms with van der Waals surface area (Å²) in [5.41, 5.74) is 1.25. The van der Waals surface area contributed by atoms with Gasteiger partial charge in [-0.2, -0.15) is 0 Å². The maximum absolute atomic E-state index is 11.8. The second-order valence-corrected chi connectivity index (χ2v) is 5.58. The Bertz CT molecular complexity index is 421. The smallest absolute Gasteiger partial charge is 0.220 e. The van der Waals surface area contributed by atoms with Crippen molar-refractivity contribution in [1.29, 1.82) is 0 Å². The number of aliphatic hydroxyl groups excluding tert-OH is 2. The number of benzene rings is 1. The lowest BCUT2D eigenvalue weighted by molar-refractivity contribution is -0.121. The largest absolute Gasteiger partial charge is 0.396 e. The van der Waals surface area contributed by atoms with Crippen molar-refractivity contribution in [2.45, 2.75) is 44.2 Å². The van der Waals surface area contributed by atoms with Gasteiger partial charge in [0.05, 0.1) is 6.10 Å². The van der Waals surface area contributed by atoms with Gasteiger partial charge in [0.2, 0.25) is 5.91 Å². The molecule has 1 aliphatic rings. The maximum Gasteiger partial charge on any atom is 0.220 e. The number of carbonyl (C=O) groups is 1. The normalized spacial score (nSPS) is 25.6. The van der Waals surface area contributed by atoms with Gasteiger partial charge in [-0.1, -0.05) is 30.3 Å². The minimum Gasteiger partial charge on any atom is -0.396 e.